The van der Waals surface area contributed by atoms with Crippen molar-refractivity contribution in [2.45, 2.75) is 82.7 Å². The number of hydrogen-bond donors (Lipinski definition) is 1. The number of aromatic nitrogens is 3. The van der Waals surface area contributed by atoms with Crippen LogP contribution in [0.2, 0.25) is 0 Å². The van der Waals surface area contributed by atoms with Crippen molar-refractivity contribution < 1.29 is 13.2 Å². The number of pyridine rings is 1. The quantitative estimate of drug-likeness (QED) is 0.750. The molecule has 1 aliphatic heterocycles. The lowest BCUT2D eigenvalue weighted by Gasteiger charge is -2.17. The second-order valence-corrected chi connectivity index (χ2v) is 11.5. The van der Waals surface area contributed by atoms with E-state index < -0.39 is 9.84 Å². The van der Waals surface area contributed by atoms with Crippen molar-refractivity contribution in [3.8, 4) is 0 Å². The molecule has 162 valence electrons. The lowest BCUT2D eigenvalue weighted by Crippen LogP contribution is -2.34. The Bertz CT molecular complexity index is 1080. The number of aryl methyl sites for hydroxylation is 1. The number of carbonyl (C=O) groups is 1. The zero-order valence-electron chi connectivity index (χ0n) is 17.6. The number of sulfone groups is 1. The zero-order chi connectivity index (χ0) is 20.9. The Morgan fingerprint density at radius 2 is 1.83 bits per heavy atom. The summed E-state index contributed by atoms with van der Waals surface area (Å²) in [5.74, 6) is 0.644. The van der Waals surface area contributed by atoms with Crippen molar-refractivity contribution in [1.29, 1.82) is 0 Å². The number of rotatable bonds is 4. The third kappa shape index (κ3) is 3.86. The summed E-state index contributed by atoms with van der Waals surface area (Å²) < 4.78 is 25.9. The highest BCUT2D eigenvalue weighted by molar-refractivity contribution is 7.91. The lowest BCUT2D eigenvalue weighted by molar-refractivity contribution is 0.0935. The molecule has 7 nitrogen and oxygen atoms in total. The summed E-state index contributed by atoms with van der Waals surface area (Å²) in [6.45, 7) is 1.89. The molecule has 2 aromatic rings. The van der Waals surface area contributed by atoms with Gasteiger partial charge in [-0.25, -0.2) is 18.1 Å². The maximum atomic E-state index is 13.3. The van der Waals surface area contributed by atoms with E-state index in [0.717, 1.165) is 55.3 Å². The molecule has 8 heteroatoms. The Balaban J connectivity index is 1.55. The smallest absolute Gasteiger partial charge is 0.252 e. The maximum Gasteiger partial charge on any atom is 0.252 e. The normalized spacial score (nSPS) is 24.8. The fourth-order valence-corrected chi connectivity index (χ4v) is 6.70. The summed E-state index contributed by atoms with van der Waals surface area (Å²) in [4.78, 5) is 18.2. The Morgan fingerprint density at radius 3 is 2.47 bits per heavy atom. The first kappa shape index (κ1) is 20.0. The van der Waals surface area contributed by atoms with Crippen molar-refractivity contribution in [3.63, 3.8) is 0 Å². The molecule has 30 heavy (non-hydrogen) atoms. The van der Waals surface area contributed by atoms with Crippen LogP contribution in [-0.4, -0.2) is 46.6 Å². The van der Waals surface area contributed by atoms with Crippen LogP contribution in [0.4, 0.5) is 0 Å². The zero-order valence-corrected chi connectivity index (χ0v) is 18.4. The summed E-state index contributed by atoms with van der Waals surface area (Å²) >= 11 is 0. The predicted molar refractivity (Wildman–Crippen MR) is 116 cm³/mol. The summed E-state index contributed by atoms with van der Waals surface area (Å²) in [5.41, 5.74) is 3.01. The summed E-state index contributed by atoms with van der Waals surface area (Å²) in [5, 5.41) is 8.72. The van der Waals surface area contributed by atoms with Gasteiger partial charge in [0.1, 0.15) is 0 Å². The highest BCUT2D eigenvalue weighted by Gasteiger charge is 2.34. The van der Waals surface area contributed by atoms with Crippen LogP contribution in [0, 0.1) is 6.92 Å². The van der Waals surface area contributed by atoms with E-state index in [1.807, 2.05) is 13.0 Å². The van der Waals surface area contributed by atoms with Gasteiger partial charge in [-0.3, -0.25) is 4.79 Å². The Hall–Kier alpha value is -1.96. The van der Waals surface area contributed by atoms with Gasteiger partial charge in [-0.05, 0) is 45.1 Å². The average Bonchev–Trinajstić information content (AvgIpc) is 3.47. The Labute approximate surface area is 177 Å². The second-order valence-electron chi connectivity index (χ2n) is 9.32. The number of fused-ring (bicyclic) bond motifs is 1. The topological polar surface area (TPSA) is 93.9 Å². The molecule has 3 heterocycles. The van der Waals surface area contributed by atoms with E-state index in [0.29, 0.717) is 23.5 Å². The van der Waals surface area contributed by atoms with E-state index in [9.17, 15) is 13.2 Å². The fourth-order valence-electron chi connectivity index (χ4n) is 5.01. The van der Waals surface area contributed by atoms with Gasteiger partial charge in [0.15, 0.2) is 15.5 Å². The highest BCUT2D eigenvalue weighted by atomic mass is 32.2. The van der Waals surface area contributed by atoms with E-state index in [2.05, 4.69) is 10.4 Å². The molecule has 0 spiro atoms. The summed E-state index contributed by atoms with van der Waals surface area (Å²) in [7, 11) is -3.03. The monoisotopic (exact) mass is 430 g/mol. The molecule has 0 radical (unpaired) electrons. The molecule has 2 aliphatic carbocycles. The van der Waals surface area contributed by atoms with Crippen LogP contribution >= 0.6 is 0 Å². The van der Waals surface area contributed by atoms with Gasteiger partial charge in [-0.15, -0.1) is 0 Å². The minimum absolute atomic E-state index is 0.0436. The first-order valence-corrected chi connectivity index (χ1v) is 13.1. The van der Waals surface area contributed by atoms with Gasteiger partial charge in [0.05, 0.1) is 34.2 Å². The Morgan fingerprint density at radius 1 is 1.10 bits per heavy atom. The predicted octanol–water partition coefficient (Wildman–Crippen LogP) is 3.43. The van der Waals surface area contributed by atoms with E-state index >= 15 is 0 Å². The SMILES string of the molecule is Cc1nn([C@@H]2CCS(=O)(=O)C2)c2nc(C3CC3)cc(C(=O)NC3CCCCCC3)c12. The standard InChI is InChI=1S/C22H30N4O3S/c1-14-20-18(22(27)23-16-6-4-2-3-5-7-16)12-19(15-8-9-15)24-21(20)26(25-14)17-10-11-30(28,29)13-17/h12,15-17H,2-11,13H2,1H3,(H,23,27)/t17-/m1/s1. The van der Waals surface area contributed by atoms with Gasteiger partial charge >= 0.3 is 0 Å². The van der Waals surface area contributed by atoms with Crippen LogP contribution in [0.5, 0.6) is 0 Å². The van der Waals surface area contributed by atoms with Crippen LogP contribution in [-0.2, 0) is 9.84 Å². The van der Waals surface area contributed by atoms with E-state index in [4.69, 9.17) is 4.98 Å². The molecule has 3 fully saturated rings. The van der Waals surface area contributed by atoms with Crippen LogP contribution in [0.25, 0.3) is 11.0 Å². The van der Waals surface area contributed by atoms with Crippen molar-refractivity contribution in [3.05, 3.63) is 23.0 Å². The molecule has 0 bridgehead atoms. The van der Waals surface area contributed by atoms with E-state index in [1.54, 1.807) is 4.68 Å². The van der Waals surface area contributed by atoms with Crippen LogP contribution in [0.15, 0.2) is 6.07 Å². The van der Waals surface area contributed by atoms with Gasteiger partial charge in [0.25, 0.3) is 5.91 Å². The number of nitrogens with one attached hydrogen (secondary N) is 1. The molecule has 2 aromatic heterocycles. The van der Waals surface area contributed by atoms with Crippen molar-refractivity contribution in [1.82, 2.24) is 20.1 Å². The molecule has 1 atom stereocenters. The number of hydrogen-bond acceptors (Lipinski definition) is 5. The Kier molecular flexibility index (Phi) is 5.08. The molecule has 1 saturated heterocycles. The first-order chi connectivity index (χ1) is 14.4. The number of carbonyl (C=O) groups excluding carboxylic acids is 1. The minimum Gasteiger partial charge on any atom is -0.349 e. The molecule has 3 aliphatic rings. The number of nitrogens with zero attached hydrogens (tertiary/aromatic N) is 3. The van der Waals surface area contributed by atoms with Crippen molar-refractivity contribution in [2.24, 2.45) is 0 Å². The molecule has 1 N–H and O–H groups in total. The van der Waals surface area contributed by atoms with E-state index in [-0.39, 0.29) is 29.5 Å². The summed E-state index contributed by atoms with van der Waals surface area (Å²) in [6.07, 6.45) is 9.62. The minimum atomic E-state index is -3.03. The molecule has 5 rings (SSSR count). The molecule has 1 amide bonds. The van der Waals surface area contributed by atoms with Gasteiger partial charge < -0.3 is 5.32 Å². The van der Waals surface area contributed by atoms with Crippen molar-refractivity contribution in [2.75, 3.05) is 11.5 Å². The van der Waals surface area contributed by atoms with Crippen LogP contribution in [0.1, 0.15) is 91.5 Å². The van der Waals surface area contributed by atoms with Gasteiger partial charge in [0.2, 0.25) is 0 Å². The summed E-state index contributed by atoms with van der Waals surface area (Å²) in [6, 6.07) is 1.98. The highest BCUT2D eigenvalue weighted by Crippen LogP contribution is 2.41. The third-order valence-electron chi connectivity index (χ3n) is 6.84. The average molecular weight is 431 g/mol. The second kappa shape index (κ2) is 7.62. The third-order valence-corrected chi connectivity index (χ3v) is 8.59. The molecule has 0 aromatic carbocycles. The van der Waals surface area contributed by atoms with Crippen molar-refractivity contribution >= 4 is 26.8 Å². The maximum absolute atomic E-state index is 13.3. The van der Waals surface area contributed by atoms with Gasteiger partial charge in [-0.1, -0.05) is 25.7 Å². The van der Waals surface area contributed by atoms with E-state index in [1.165, 1.54) is 12.8 Å². The largest absolute Gasteiger partial charge is 0.349 e. The molecule has 0 unspecified atom stereocenters. The lowest BCUT2D eigenvalue weighted by atomic mass is 10.0. The van der Waals surface area contributed by atoms with Crippen LogP contribution < -0.4 is 5.32 Å². The fraction of sp³-hybridized carbons (Fsp3) is 0.682. The molecule has 2 saturated carbocycles. The van der Waals surface area contributed by atoms with Gasteiger partial charge in [-0.2, -0.15) is 5.10 Å². The van der Waals surface area contributed by atoms with Gasteiger partial charge in [0, 0.05) is 17.7 Å². The molecular formula is C22H30N4O3S. The van der Waals surface area contributed by atoms with Crippen LogP contribution in [0.3, 0.4) is 0 Å². The number of amides is 1. The molecular weight excluding hydrogens is 400 g/mol. The first-order valence-electron chi connectivity index (χ1n) is 11.3.